The Balaban J connectivity index is 1.68. The summed E-state index contributed by atoms with van der Waals surface area (Å²) in [7, 11) is 0. The Morgan fingerprint density at radius 2 is 1.77 bits per heavy atom. The predicted octanol–water partition coefficient (Wildman–Crippen LogP) is 2.90. The first-order valence-electron chi connectivity index (χ1n) is 10.7. The number of nitrogens with one attached hydrogen (secondary N) is 1. The maximum absolute atomic E-state index is 12.4. The number of carbonyl (C=O) groups excluding carboxylic acids is 2. The third-order valence-electron chi connectivity index (χ3n) is 5.49. The van der Waals surface area contributed by atoms with Gasteiger partial charge in [0.05, 0.1) is 5.92 Å². The zero-order chi connectivity index (χ0) is 19.1. The van der Waals surface area contributed by atoms with Gasteiger partial charge in [-0.3, -0.25) is 9.59 Å². The van der Waals surface area contributed by atoms with Gasteiger partial charge in [-0.2, -0.15) is 0 Å². The van der Waals surface area contributed by atoms with Crippen LogP contribution in [-0.4, -0.2) is 60.4 Å². The topological polar surface area (TPSA) is 52.7 Å². The van der Waals surface area contributed by atoms with E-state index in [1.54, 1.807) is 0 Å². The largest absolute Gasteiger partial charge is 0.356 e. The minimum absolute atomic E-state index is 0.0677. The lowest BCUT2D eigenvalue weighted by molar-refractivity contribution is -0.130. The molecule has 1 saturated heterocycles. The fourth-order valence-electron chi connectivity index (χ4n) is 4.42. The van der Waals surface area contributed by atoms with E-state index in [1.807, 2.05) is 4.90 Å². The Kier molecular flexibility index (Phi) is 8.39. The number of carbonyl (C=O) groups is 2. The Morgan fingerprint density at radius 1 is 1.15 bits per heavy atom. The summed E-state index contributed by atoms with van der Waals surface area (Å²) in [5.41, 5.74) is 0. The van der Waals surface area contributed by atoms with E-state index < -0.39 is 0 Å². The minimum Gasteiger partial charge on any atom is -0.356 e. The lowest BCUT2D eigenvalue weighted by Gasteiger charge is -2.26. The van der Waals surface area contributed by atoms with Crippen molar-refractivity contribution in [2.45, 2.75) is 72.3 Å². The molecule has 0 aromatic rings. The highest BCUT2D eigenvalue weighted by molar-refractivity contribution is 5.89. The monoisotopic (exact) mass is 365 g/mol. The molecule has 2 rings (SSSR count). The van der Waals surface area contributed by atoms with E-state index in [-0.39, 0.29) is 17.7 Å². The summed E-state index contributed by atoms with van der Waals surface area (Å²) >= 11 is 0. The summed E-state index contributed by atoms with van der Waals surface area (Å²) in [6.45, 7) is 13.6. The van der Waals surface area contributed by atoms with Crippen LogP contribution in [0.25, 0.3) is 0 Å². The van der Waals surface area contributed by atoms with Crippen molar-refractivity contribution in [2.75, 3.05) is 32.7 Å². The molecule has 26 heavy (non-hydrogen) atoms. The van der Waals surface area contributed by atoms with Crippen LogP contribution in [0.15, 0.2) is 0 Å². The molecule has 2 amide bonds. The molecule has 1 aliphatic carbocycles. The van der Waals surface area contributed by atoms with Crippen molar-refractivity contribution in [1.82, 2.24) is 15.1 Å². The molecule has 0 radical (unpaired) electrons. The van der Waals surface area contributed by atoms with Crippen molar-refractivity contribution in [2.24, 2.45) is 17.8 Å². The Labute approximate surface area is 159 Å². The van der Waals surface area contributed by atoms with Gasteiger partial charge < -0.3 is 15.1 Å². The molecule has 0 spiro atoms. The average Bonchev–Trinajstić information content (AvgIpc) is 3.19. The molecular formula is C21H39N3O2. The van der Waals surface area contributed by atoms with E-state index in [2.05, 4.69) is 37.9 Å². The van der Waals surface area contributed by atoms with Crippen molar-refractivity contribution in [1.29, 1.82) is 0 Å². The lowest BCUT2D eigenvalue weighted by atomic mass is 10.1. The molecule has 1 unspecified atom stereocenters. The van der Waals surface area contributed by atoms with Crippen LogP contribution in [0.2, 0.25) is 0 Å². The third kappa shape index (κ3) is 6.57. The van der Waals surface area contributed by atoms with Gasteiger partial charge in [-0.05, 0) is 37.6 Å². The molecule has 1 aliphatic heterocycles. The van der Waals surface area contributed by atoms with Gasteiger partial charge in [0.1, 0.15) is 0 Å². The van der Waals surface area contributed by atoms with Crippen LogP contribution >= 0.6 is 0 Å². The summed E-state index contributed by atoms with van der Waals surface area (Å²) in [5.74, 6) is 1.42. The molecule has 0 aromatic carbocycles. The highest BCUT2D eigenvalue weighted by Gasteiger charge is 2.38. The number of hydrogen-bond acceptors (Lipinski definition) is 3. The normalized spacial score (nSPS) is 21.6. The predicted molar refractivity (Wildman–Crippen MR) is 106 cm³/mol. The van der Waals surface area contributed by atoms with Gasteiger partial charge in [0.25, 0.3) is 0 Å². The molecule has 1 heterocycles. The van der Waals surface area contributed by atoms with Crippen LogP contribution < -0.4 is 5.32 Å². The maximum atomic E-state index is 12.4. The summed E-state index contributed by atoms with van der Waals surface area (Å²) < 4.78 is 0. The third-order valence-corrected chi connectivity index (χ3v) is 5.49. The van der Waals surface area contributed by atoms with Crippen LogP contribution in [0.4, 0.5) is 0 Å². The van der Waals surface area contributed by atoms with Crippen molar-refractivity contribution in [3.05, 3.63) is 0 Å². The van der Waals surface area contributed by atoms with Gasteiger partial charge in [-0.1, -0.05) is 40.5 Å². The summed E-state index contributed by atoms with van der Waals surface area (Å²) in [6, 6.07) is 0.390. The van der Waals surface area contributed by atoms with Crippen molar-refractivity contribution in [3.63, 3.8) is 0 Å². The number of nitrogens with zero attached hydrogens (tertiary/aromatic N) is 2. The number of amides is 2. The summed E-state index contributed by atoms with van der Waals surface area (Å²) in [6.07, 6.45) is 6.03. The number of likely N-dealkylation sites (tertiary alicyclic amines) is 1. The standard InChI is InChI=1S/C21H39N3O2/c1-16(2)13-23(14-17(3)4)11-7-10-22-21(26)18-12-20(25)24(15-18)19-8-5-6-9-19/h16-19H,5-15H2,1-4H3,(H,22,26). The molecule has 0 bridgehead atoms. The van der Waals surface area contributed by atoms with E-state index in [0.29, 0.717) is 37.4 Å². The van der Waals surface area contributed by atoms with Crippen LogP contribution in [0.3, 0.4) is 0 Å². The SMILES string of the molecule is CC(C)CN(CCCNC(=O)C1CC(=O)N(C2CCCC2)C1)CC(C)C. The van der Waals surface area contributed by atoms with Crippen molar-refractivity contribution >= 4 is 11.8 Å². The molecule has 2 fully saturated rings. The van der Waals surface area contributed by atoms with Crippen molar-refractivity contribution in [3.8, 4) is 0 Å². The van der Waals surface area contributed by atoms with E-state index in [4.69, 9.17) is 0 Å². The van der Waals surface area contributed by atoms with Gasteiger partial charge in [0.15, 0.2) is 0 Å². The molecule has 0 aromatic heterocycles. The van der Waals surface area contributed by atoms with Gasteiger partial charge in [-0.25, -0.2) is 0 Å². The first-order chi connectivity index (χ1) is 12.4. The first kappa shape index (κ1) is 21.2. The van der Waals surface area contributed by atoms with Gasteiger partial charge >= 0.3 is 0 Å². The molecule has 2 aliphatic rings. The smallest absolute Gasteiger partial charge is 0.225 e. The van der Waals surface area contributed by atoms with Gasteiger partial charge in [0, 0.05) is 38.6 Å². The minimum atomic E-state index is -0.148. The summed E-state index contributed by atoms with van der Waals surface area (Å²) in [4.78, 5) is 29.2. The van der Waals surface area contributed by atoms with Crippen LogP contribution in [0.5, 0.6) is 0 Å². The van der Waals surface area contributed by atoms with Crippen molar-refractivity contribution < 1.29 is 9.59 Å². The van der Waals surface area contributed by atoms with E-state index in [0.717, 1.165) is 38.9 Å². The van der Waals surface area contributed by atoms with Crippen LogP contribution in [0, 0.1) is 17.8 Å². The van der Waals surface area contributed by atoms with Crippen LogP contribution in [0.1, 0.15) is 66.2 Å². The molecule has 1 N–H and O–H groups in total. The van der Waals surface area contributed by atoms with Gasteiger partial charge in [0.2, 0.25) is 11.8 Å². The summed E-state index contributed by atoms with van der Waals surface area (Å²) in [5, 5.41) is 3.07. The fraction of sp³-hybridized carbons (Fsp3) is 0.905. The lowest BCUT2D eigenvalue weighted by Crippen LogP contribution is -2.38. The molecule has 5 heteroatoms. The second kappa shape index (κ2) is 10.3. The van der Waals surface area contributed by atoms with E-state index >= 15 is 0 Å². The molecule has 1 atom stereocenters. The number of rotatable bonds is 10. The Hall–Kier alpha value is -1.10. The second-order valence-electron chi connectivity index (χ2n) is 9.08. The average molecular weight is 366 g/mol. The molecule has 1 saturated carbocycles. The molecule has 5 nitrogen and oxygen atoms in total. The van der Waals surface area contributed by atoms with E-state index in [9.17, 15) is 9.59 Å². The van der Waals surface area contributed by atoms with E-state index in [1.165, 1.54) is 12.8 Å². The quantitative estimate of drug-likeness (QED) is 0.606. The zero-order valence-corrected chi connectivity index (χ0v) is 17.3. The highest BCUT2D eigenvalue weighted by atomic mass is 16.2. The van der Waals surface area contributed by atoms with Crippen LogP contribution in [-0.2, 0) is 9.59 Å². The molecule has 150 valence electrons. The Bertz CT molecular complexity index is 448. The zero-order valence-electron chi connectivity index (χ0n) is 17.3. The Morgan fingerprint density at radius 3 is 2.35 bits per heavy atom. The molecular weight excluding hydrogens is 326 g/mol. The fourth-order valence-corrected chi connectivity index (χ4v) is 4.42. The number of hydrogen-bond donors (Lipinski definition) is 1. The first-order valence-corrected chi connectivity index (χ1v) is 10.7. The van der Waals surface area contributed by atoms with Gasteiger partial charge in [-0.15, -0.1) is 0 Å². The second-order valence-corrected chi connectivity index (χ2v) is 9.08. The highest BCUT2D eigenvalue weighted by Crippen LogP contribution is 2.29. The maximum Gasteiger partial charge on any atom is 0.225 e.